The van der Waals surface area contributed by atoms with Gasteiger partial charge in [-0.05, 0) is 28.1 Å². The number of halogens is 4. The third-order valence-electron chi connectivity index (χ3n) is 2.39. The molecule has 0 spiro atoms. The molecule has 6 nitrogen and oxygen atoms in total. The molecule has 0 bridgehead atoms. The van der Waals surface area contributed by atoms with E-state index in [1.165, 1.54) is 0 Å². The lowest BCUT2D eigenvalue weighted by atomic mass is 10.1. The quantitative estimate of drug-likeness (QED) is 0.688. The van der Waals surface area contributed by atoms with Crippen LogP contribution in [-0.4, -0.2) is 29.8 Å². The molecule has 0 atom stereocenters. The number of carbonyl (C=O) groups is 2. The lowest BCUT2D eigenvalue weighted by Crippen LogP contribution is -2.18. The van der Waals surface area contributed by atoms with Gasteiger partial charge in [0.2, 0.25) is 0 Å². The molecule has 1 aromatic rings. The van der Waals surface area contributed by atoms with Crippen LogP contribution in [0, 0.1) is 0 Å². The number of carboxylic acids is 1. The minimum absolute atomic E-state index is 0.0665. The van der Waals surface area contributed by atoms with Crippen LogP contribution >= 0.6 is 15.9 Å². The van der Waals surface area contributed by atoms with Crippen molar-refractivity contribution in [1.29, 1.82) is 0 Å². The van der Waals surface area contributed by atoms with Gasteiger partial charge in [0.05, 0.1) is 17.5 Å². The molecular formula is C11H10BrF3N2O4. The highest BCUT2D eigenvalue weighted by atomic mass is 79.9. The first-order chi connectivity index (χ1) is 9.65. The van der Waals surface area contributed by atoms with Crippen LogP contribution in [0.25, 0.3) is 0 Å². The van der Waals surface area contributed by atoms with Crippen molar-refractivity contribution in [3.05, 3.63) is 27.7 Å². The first kappa shape index (κ1) is 17.2. The Bertz CT molecular complexity index is 563. The maximum absolute atomic E-state index is 12.1. The summed E-state index contributed by atoms with van der Waals surface area (Å²) in [6.45, 7) is -0.533. The number of nitrogens with two attached hydrogens (primary N) is 1. The van der Waals surface area contributed by atoms with Crippen molar-refractivity contribution >= 4 is 33.6 Å². The van der Waals surface area contributed by atoms with Crippen molar-refractivity contribution < 1.29 is 32.7 Å². The minimum Gasteiger partial charge on any atom is -0.478 e. The zero-order valence-electron chi connectivity index (χ0n) is 10.3. The third-order valence-corrected chi connectivity index (χ3v) is 3.04. The Morgan fingerprint density at radius 1 is 1.33 bits per heavy atom. The molecule has 0 aliphatic rings. The fraction of sp³-hybridized carbons (Fsp3) is 0.273. The molecule has 0 heterocycles. The van der Waals surface area contributed by atoms with E-state index in [0.29, 0.717) is 0 Å². The first-order valence-corrected chi connectivity index (χ1v) is 6.23. The number of carbonyl (C=O) groups excluding carboxylic acids is 1. The van der Waals surface area contributed by atoms with Crippen LogP contribution in [0.3, 0.4) is 0 Å². The molecule has 0 aromatic heterocycles. The number of nitrogens with one attached hydrogen (secondary N) is 1. The maximum atomic E-state index is 12.1. The number of hydrogen-bond acceptors (Lipinski definition) is 5. The van der Waals surface area contributed by atoms with Crippen molar-refractivity contribution in [3.8, 4) is 0 Å². The highest BCUT2D eigenvalue weighted by Gasteiger charge is 2.27. The van der Waals surface area contributed by atoms with Crippen molar-refractivity contribution in [3.63, 3.8) is 0 Å². The largest absolute Gasteiger partial charge is 0.478 e. The van der Waals surface area contributed by atoms with E-state index < -0.39 is 31.1 Å². The van der Waals surface area contributed by atoms with Gasteiger partial charge < -0.3 is 15.3 Å². The van der Waals surface area contributed by atoms with E-state index in [9.17, 15) is 22.8 Å². The molecule has 0 fully saturated rings. The second-order valence-electron chi connectivity index (χ2n) is 3.88. The van der Waals surface area contributed by atoms with Crippen molar-refractivity contribution in [2.75, 3.05) is 11.9 Å². The van der Waals surface area contributed by atoms with Crippen molar-refractivity contribution in [1.82, 2.24) is 0 Å². The SMILES string of the molecule is NOC(=O)c1cc(Br)c(C(=O)O)cc1NCCC(F)(F)F. The predicted octanol–water partition coefficient (Wildman–Crippen LogP) is 2.54. The van der Waals surface area contributed by atoms with Crippen LogP contribution in [-0.2, 0) is 4.84 Å². The van der Waals surface area contributed by atoms with Gasteiger partial charge >= 0.3 is 18.1 Å². The van der Waals surface area contributed by atoms with Gasteiger partial charge in [-0.3, -0.25) is 0 Å². The number of aromatic carboxylic acids is 1. The molecule has 116 valence electrons. The highest BCUT2D eigenvalue weighted by molar-refractivity contribution is 9.10. The Balaban J connectivity index is 3.10. The zero-order chi connectivity index (χ0) is 16.2. The fourth-order valence-electron chi connectivity index (χ4n) is 1.45. The number of hydrogen-bond donors (Lipinski definition) is 3. The van der Waals surface area contributed by atoms with Crippen LogP contribution in [0.15, 0.2) is 16.6 Å². The van der Waals surface area contributed by atoms with Crippen LogP contribution in [0.2, 0.25) is 0 Å². The molecule has 0 radical (unpaired) electrons. The molecule has 4 N–H and O–H groups in total. The number of anilines is 1. The summed E-state index contributed by atoms with van der Waals surface area (Å²) in [5.41, 5.74) is -0.523. The van der Waals surface area contributed by atoms with E-state index in [-0.39, 0.29) is 21.3 Å². The van der Waals surface area contributed by atoms with Gasteiger partial charge in [-0.15, -0.1) is 0 Å². The Morgan fingerprint density at radius 2 is 1.95 bits per heavy atom. The summed E-state index contributed by atoms with van der Waals surface area (Å²) >= 11 is 2.94. The van der Waals surface area contributed by atoms with E-state index in [2.05, 4.69) is 26.1 Å². The molecule has 1 rings (SSSR count). The first-order valence-electron chi connectivity index (χ1n) is 5.44. The van der Waals surface area contributed by atoms with Crippen LogP contribution in [0.4, 0.5) is 18.9 Å². The van der Waals surface area contributed by atoms with E-state index in [1.54, 1.807) is 0 Å². The Hall–Kier alpha value is -1.81. The van der Waals surface area contributed by atoms with E-state index in [4.69, 9.17) is 11.0 Å². The normalized spacial score (nSPS) is 11.1. The topological polar surface area (TPSA) is 102 Å². The number of alkyl halides is 3. The average Bonchev–Trinajstić information content (AvgIpc) is 2.37. The van der Waals surface area contributed by atoms with Gasteiger partial charge in [0, 0.05) is 16.7 Å². The van der Waals surface area contributed by atoms with Crippen molar-refractivity contribution in [2.45, 2.75) is 12.6 Å². The molecule has 0 aliphatic carbocycles. The highest BCUT2D eigenvalue weighted by Crippen LogP contribution is 2.27. The summed E-state index contributed by atoms with van der Waals surface area (Å²) in [5, 5.41) is 11.3. The number of rotatable bonds is 5. The molecular weight excluding hydrogens is 361 g/mol. The monoisotopic (exact) mass is 370 g/mol. The van der Waals surface area contributed by atoms with Gasteiger partial charge in [-0.1, -0.05) is 0 Å². The Labute approximate surface area is 125 Å². The molecule has 0 aliphatic heterocycles. The van der Waals surface area contributed by atoms with Gasteiger partial charge in [0.15, 0.2) is 0 Å². The number of carboxylic acid groups (broad SMARTS) is 1. The van der Waals surface area contributed by atoms with Crippen LogP contribution in [0.5, 0.6) is 0 Å². The predicted molar refractivity (Wildman–Crippen MR) is 69.9 cm³/mol. The zero-order valence-corrected chi connectivity index (χ0v) is 11.9. The maximum Gasteiger partial charge on any atom is 0.390 e. The molecule has 0 saturated heterocycles. The lowest BCUT2D eigenvalue weighted by molar-refractivity contribution is -0.131. The van der Waals surface area contributed by atoms with E-state index in [1.807, 2.05) is 0 Å². The van der Waals surface area contributed by atoms with E-state index in [0.717, 1.165) is 12.1 Å². The molecule has 0 amide bonds. The average molecular weight is 371 g/mol. The van der Waals surface area contributed by atoms with Crippen LogP contribution < -0.4 is 11.2 Å². The smallest absolute Gasteiger partial charge is 0.390 e. The van der Waals surface area contributed by atoms with Gasteiger partial charge in [0.1, 0.15) is 0 Å². The summed E-state index contributed by atoms with van der Waals surface area (Å²) in [7, 11) is 0. The molecule has 0 unspecified atom stereocenters. The summed E-state index contributed by atoms with van der Waals surface area (Å²) in [6, 6.07) is 2.13. The molecule has 0 saturated carbocycles. The summed E-state index contributed by atoms with van der Waals surface area (Å²) in [6.07, 6.45) is -5.53. The Morgan fingerprint density at radius 3 is 2.43 bits per heavy atom. The third kappa shape index (κ3) is 4.90. The van der Waals surface area contributed by atoms with E-state index >= 15 is 0 Å². The second kappa shape index (κ2) is 6.76. The van der Waals surface area contributed by atoms with Gasteiger partial charge in [-0.2, -0.15) is 19.1 Å². The van der Waals surface area contributed by atoms with Crippen molar-refractivity contribution in [2.24, 2.45) is 5.90 Å². The van der Waals surface area contributed by atoms with Crippen LogP contribution in [0.1, 0.15) is 27.1 Å². The second-order valence-corrected chi connectivity index (χ2v) is 4.73. The van der Waals surface area contributed by atoms with Gasteiger partial charge in [-0.25, -0.2) is 9.59 Å². The summed E-state index contributed by atoms with van der Waals surface area (Å²) < 4.78 is 36.4. The fourth-order valence-corrected chi connectivity index (χ4v) is 1.97. The Kier molecular flexibility index (Phi) is 5.55. The minimum atomic E-state index is -4.38. The summed E-state index contributed by atoms with van der Waals surface area (Å²) in [4.78, 5) is 26.4. The standard InChI is InChI=1S/C11H10BrF3N2O4/c12-7-3-6(10(20)21-16)8(4-5(7)9(18)19)17-2-1-11(13,14)15/h3-4,17H,1-2,16H2,(H,18,19). The molecule has 21 heavy (non-hydrogen) atoms. The lowest BCUT2D eigenvalue weighted by Gasteiger charge is -2.13. The molecule has 10 heteroatoms. The number of benzene rings is 1. The van der Waals surface area contributed by atoms with Gasteiger partial charge in [0.25, 0.3) is 0 Å². The molecule has 1 aromatic carbocycles. The summed E-state index contributed by atoms with van der Waals surface area (Å²) in [5.74, 6) is 2.41.